The molecule has 1 aliphatic heterocycles. The average Bonchev–Trinajstić information content (AvgIpc) is 2.33. The molecule has 5 heteroatoms. The normalized spacial score (nSPS) is 18.9. The smallest absolute Gasteiger partial charge is 0.235 e. The van der Waals surface area contributed by atoms with Gasteiger partial charge in [0.25, 0.3) is 0 Å². The molecule has 1 aliphatic rings. The van der Waals surface area contributed by atoms with Gasteiger partial charge in [0.15, 0.2) is 0 Å². The Morgan fingerprint density at radius 2 is 2.21 bits per heavy atom. The first kappa shape index (κ1) is 17.1. The van der Waals surface area contributed by atoms with E-state index in [0.29, 0.717) is 13.0 Å². The molecule has 1 aromatic carbocycles. The average molecular weight is 445 g/mol. The fourth-order valence-electron chi connectivity index (χ4n) is 2.12. The second-order valence-electron chi connectivity index (χ2n) is 4.28. The minimum atomic E-state index is -0.0243. The Balaban J connectivity index is 0.00000180. The van der Waals surface area contributed by atoms with Crippen LogP contribution in [0.25, 0.3) is 5.70 Å². The molecular weight excluding hydrogens is 430 g/mol. The van der Waals surface area contributed by atoms with Crippen molar-refractivity contribution in [1.29, 1.82) is 0 Å². The topological polar surface area (TPSA) is 40.5 Å². The van der Waals surface area contributed by atoms with E-state index >= 15 is 0 Å². The number of phenols is 1. The number of rotatable bonds is 2. The SMILES string of the molecule is CCN1C(=O)C(I)C[C-]=C1c1ccc(O)cc1C.[Y]. The molecule has 1 N–H and O–H groups in total. The van der Waals surface area contributed by atoms with Gasteiger partial charge in [-0.15, -0.1) is 22.9 Å². The number of alkyl halides is 1. The van der Waals surface area contributed by atoms with Crippen molar-refractivity contribution in [3.8, 4) is 5.75 Å². The number of aryl methyl sites for hydroxylation is 1. The summed E-state index contributed by atoms with van der Waals surface area (Å²) in [5, 5.41) is 9.44. The van der Waals surface area contributed by atoms with Gasteiger partial charge in [-0.3, -0.25) is 4.79 Å². The molecule has 19 heavy (non-hydrogen) atoms. The number of nitrogens with zero attached hydrogens (tertiary/aromatic N) is 1. The Bertz CT molecular complexity index is 516. The second kappa shape index (κ2) is 7.18. The summed E-state index contributed by atoms with van der Waals surface area (Å²) in [6.07, 6.45) is 3.95. The number of hydrogen-bond acceptors (Lipinski definition) is 2. The van der Waals surface area contributed by atoms with Crippen molar-refractivity contribution in [1.82, 2.24) is 4.90 Å². The van der Waals surface area contributed by atoms with Crippen LogP contribution in [0, 0.1) is 13.0 Å². The summed E-state index contributed by atoms with van der Waals surface area (Å²) >= 11 is 2.16. The van der Waals surface area contributed by atoms with Crippen LogP contribution in [0.15, 0.2) is 18.2 Å². The van der Waals surface area contributed by atoms with Crippen LogP contribution >= 0.6 is 22.6 Å². The quantitative estimate of drug-likeness (QED) is 0.433. The molecule has 99 valence electrons. The minimum absolute atomic E-state index is 0. The Morgan fingerprint density at radius 3 is 2.79 bits per heavy atom. The third kappa shape index (κ3) is 3.58. The standard InChI is InChI=1S/C14H15INO2.Y/c1-3-16-13(7-6-12(15)14(16)18)11-5-4-10(17)8-9(11)2;/h4-5,8,12,17H,3,6H2,1-2H3;/q-1;. The van der Waals surface area contributed by atoms with Crippen molar-refractivity contribution in [3.05, 3.63) is 35.4 Å². The third-order valence-electron chi connectivity index (χ3n) is 3.03. The molecule has 0 aromatic heterocycles. The Morgan fingerprint density at radius 1 is 1.53 bits per heavy atom. The Labute approximate surface area is 152 Å². The van der Waals surface area contributed by atoms with E-state index in [9.17, 15) is 9.90 Å². The van der Waals surface area contributed by atoms with E-state index in [-0.39, 0.29) is 48.3 Å². The molecule has 1 atom stereocenters. The van der Waals surface area contributed by atoms with Crippen LogP contribution in [0.2, 0.25) is 0 Å². The third-order valence-corrected chi connectivity index (χ3v) is 4.01. The molecule has 0 bridgehead atoms. The molecule has 0 saturated heterocycles. The predicted molar refractivity (Wildman–Crippen MR) is 79.3 cm³/mol. The predicted octanol–water partition coefficient (Wildman–Crippen LogP) is 2.90. The van der Waals surface area contributed by atoms with Gasteiger partial charge in [-0.2, -0.15) is 0 Å². The second-order valence-corrected chi connectivity index (χ2v) is 5.78. The van der Waals surface area contributed by atoms with Gasteiger partial charge in [0.1, 0.15) is 5.75 Å². The molecule has 0 saturated carbocycles. The number of aromatic hydroxyl groups is 1. The zero-order valence-electron chi connectivity index (χ0n) is 11.0. The van der Waals surface area contributed by atoms with E-state index < -0.39 is 0 Å². The Kier molecular flexibility index (Phi) is 6.47. The summed E-state index contributed by atoms with van der Waals surface area (Å²) in [7, 11) is 0. The number of amides is 1. The van der Waals surface area contributed by atoms with E-state index in [1.54, 1.807) is 17.0 Å². The monoisotopic (exact) mass is 445 g/mol. The molecule has 1 aromatic rings. The van der Waals surface area contributed by atoms with Crippen LogP contribution in [0.1, 0.15) is 24.5 Å². The van der Waals surface area contributed by atoms with Crippen molar-refractivity contribution < 1.29 is 42.6 Å². The molecule has 0 fully saturated rings. The molecule has 0 aliphatic carbocycles. The zero-order valence-corrected chi connectivity index (χ0v) is 16.0. The van der Waals surface area contributed by atoms with Crippen molar-refractivity contribution >= 4 is 34.2 Å². The van der Waals surface area contributed by atoms with Gasteiger partial charge in [-0.25, -0.2) is 6.08 Å². The molecule has 0 spiro atoms. The number of hydrogen-bond donors (Lipinski definition) is 1. The maximum Gasteiger partial charge on any atom is 0.235 e. The van der Waals surface area contributed by atoms with E-state index in [1.165, 1.54) is 0 Å². The van der Waals surface area contributed by atoms with Gasteiger partial charge < -0.3 is 10.0 Å². The van der Waals surface area contributed by atoms with E-state index in [2.05, 4.69) is 28.7 Å². The van der Waals surface area contributed by atoms with Crippen LogP contribution in [-0.2, 0) is 37.5 Å². The molecule has 1 amide bonds. The van der Waals surface area contributed by atoms with Crippen molar-refractivity contribution in [2.24, 2.45) is 0 Å². The number of phenolic OH excluding ortho intramolecular Hbond substituents is 1. The number of allylic oxidation sites excluding steroid dienone is 1. The number of carbonyl (C=O) groups excluding carboxylic acids is 1. The molecule has 2 rings (SSSR count). The van der Waals surface area contributed by atoms with Gasteiger partial charge in [0, 0.05) is 39.3 Å². The fourth-order valence-corrected chi connectivity index (χ4v) is 2.67. The summed E-state index contributed by atoms with van der Waals surface area (Å²) in [6.45, 7) is 4.53. The van der Waals surface area contributed by atoms with Crippen molar-refractivity contribution in [2.45, 2.75) is 24.2 Å². The summed E-state index contributed by atoms with van der Waals surface area (Å²) in [6, 6.07) is 5.19. The van der Waals surface area contributed by atoms with Gasteiger partial charge in [0.2, 0.25) is 5.91 Å². The van der Waals surface area contributed by atoms with Crippen LogP contribution in [0.5, 0.6) is 5.75 Å². The van der Waals surface area contributed by atoms with E-state index in [1.807, 2.05) is 19.9 Å². The van der Waals surface area contributed by atoms with Crippen LogP contribution in [-0.4, -0.2) is 26.4 Å². The van der Waals surface area contributed by atoms with E-state index in [4.69, 9.17) is 0 Å². The summed E-state index contributed by atoms with van der Waals surface area (Å²) in [5.74, 6) is 0.383. The minimum Gasteiger partial charge on any atom is -0.508 e. The summed E-state index contributed by atoms with van der Waals surface area (Å²) in [5.41, 5.74) is 2.76. The molecular formula is C14H15INO2Y-. The van der Waals surface area contributed by atoms with Crippen molar-refractivity contribution in [2.75, 3.05) is 6.54 Å². The number of benzene rings is 1. The zero-order chi connectivity index (χ0) is 13.3. The largest absolute Gasteiger partial charge is 0.508 e. The first-order valence-corrected chi connectivity index (χ1v) is 7.15. The summed E-state index contributed by atoms with van der Waals surface area (Å²) < 4.78 is -0.0243. The van der Waals surface area contributed by atoms with Crippen LogP contribution in [0.3, 0.4) is 0 Å². The molecule has 1 heterocycles. The molecule has 3 nitrogen and oxygen atoms in total. The maximum atomic E-state index is 12.1. The molecule has 1 radical (unpaired) electrons. The maximum absolute atomic E-state index is 12.1. The molecule has 1 unspecified atom stereocenters. The van der Waals surface area contributed by atoms with Gasteiger partial charge >= 0.3 is 0 Å². The van der Waals surface area contributed by atoms with Gasteiger partial charge in [0.05, 0.1) is 3.92 Å². The summed E-state index contributed by atoms with van der Waals surface area (Å²) in [4.78, 5) is 13.9. The van der Waals surface area contributed by atoms with Gasteiger partial charge in [-0.05, 0) is 19.1 Å². The van der Waals surface area contributed by atoms with Crippen LogP contribution in [0.4, 0.5) is 0 Å². The number of carbonyl (C=O) groups is 1. The van der Waals surface area contributed by atoms with Gasteiger partial charge in [-0.1, -0.05) is 35.9 Å². The van der Waals surface area contributed by atoms with Crippen molar-refractivity contribution in [3.63, 3.8) is 0 Å². The number of halogens is 1. The first-order valence-electron chi connectivity index (χ1n) is 5.91. The fraction of sp³-hybridized carbons (Fsp3) is 0.357. The first-order chi connectivity index (χ1) is 8.54. The van der Waals surface area contributed by atoms with E-state index in [0.717, 1.165) is 16.8 Å². The Hall–Kier alpha value is 0.0639. The van der Waals surface area contributed by atoms with Crippen LogP contribution < -0.4 is 0 Å².